The molecule has 0 saturated carbocycles. The fourth-order valence-electron chi connectivity index (χ4n) is 3.87. The molecule has 1 aromatic heterocycles. The molecule has 1 saturated heterocycles. The van der Waals surface area contributed by atoms with Crippen molar-refractivity contribution in [2.75, 3.05) is 19.7 Å². The van der Waals surface area contributed by atoms with Gasteiger partial charge in [0.1, 0.15) is 11.6 Å². The van der Waals surface area contributed by atoms with E-state index in [1.807, 2.05) is 0 Å². The molecule has 27 heavy (non-hydrogen) atoms. The Morgan fingerprint density at radius 2 is 1.78 bits per heavy atom. The van der Waals surface area contributed by atoms with Crippen LogP contribution in [0.15, 0.2) is 48.5 Å². The van der Waals surface area contributed by atoms with Crippen molar-refractivity contribution in [1.82, 2.24) is 14.5 Å². The lowest BCUT2D eigenvalue weighted by atomic mass is 10.2. The number of benzene rings is 2. The summed E-state index contributed by atoms with van der Waals surface area (Å²) in [4.78, 5) is 7.43. The third-order valence-electron chi connectivity index (χ3n) is 5.42. The van der Waals surface area contributed by atoms with Crippen LogP contribution in [0.2, 0.25) is 0 Å². The van der Waals surface area contributed by atoms with Crippen molar-refractivity contribution >= 4 is 11.0 Å². The van der Waals surface area contributed by atoms with Crippen LogP contribution in [0.3, 0.4) is 0 Å². The van der Waals surface area contributed by atoms with Crippen LogP contribution in [-0.4, -0.2) is 34.1 Å². The zero-order valence-electron chi connectivity index (χ0n) is 16.2. The first kappa shape index (κ1) is 18.1. The second-order valence-electron chi connectivity index (χ2n) is 7.35. The Hall–Kier alpha value is -2.33. The van der Waals surface area contributed by atoms with Crippen LogP contribution in [-0.2, 0) is 19.5 Å². The van der Waals surface area contributed by atoms with Gasteiger partial charge in [0.15, 0.2) is 0 Å². The molecule has 0 N–H and O–H groups in total. The van der Waals surface area contributed by atoms with E-state index in [4.69, 9.17) is 9.72 Å². The number of aryl methyl sites for hydroxylation is 2. The third kappa shape index (κ3) is 4.33. The van der Waals surface area contributed by atoms with Crippen molar-refractivity contribution in [3.05, 3.63) is 59.9 Å². The van der Waals surface area contributed by atoms with Gasteiger partial charge in [0, 0.05) is 6.54 Å². The summed E-state index contributed by atoms with van der Waals surface area (Å²) in [5, 5.41) is 0. The van der Waals surface area contributed by atoms with Gasteiger partial charge >= 0.3 is 0 Å². The largest absolute Gasteiger partial charge is 0.494 e. The number of nitrogens with zero attached hydrogens (tertiary/aromatic N) is 3. The van der Waals surface area contributed by atoms with Gasteiger partial charge in [-0.3, -0.25) is 4.90 Å². The Kier molecular flexibility index (Phi) is 5.73. The highest BCUT2D eigenvalue weighted by Crippen LogP contribution is 2.20. The van der Waals surface area contributed by atoms with Gasteiger partial charge in [0.25, 0.3) is 0 Å². The molecule has 0 amide bonds. The van der Waals surface area contributed by atoms with E-state index in [9.17, 15) is 0 Å². The van der Waals surface area contributed by atoms with Gasteiger partial charge in [0.2, 0.25) is 0 Å². The maximum absolute atomic E-state index is 5.95. The van der Waals surface area contributed by atoms with Gasteiger partial charge in [-0.15, -0.1) is 0 Å². The SMILES string of the molecule is CCc1ccc(OCCCn2c(CN3CCCC3)nc3ccccc32)cc1. The fraction of sp³-hybridized carbons (Fsp3) is 0.435. The number of ether oxygens (including phenoxy) is 1. The van der Waals surface area contributed by atoms with E-state index in [1.165, 1.54) is 42.8 Å². The lowest BCUT2D eigenvalue weighted by molar-refractivity contribution is 0.294. The topological polar surface area (TPSA) is 30.3 Å². The summed E-state index contributed by atoms with van der Waals surface area (Å²) >= 11 is 0. The van der Waals surface area contributed by atoms with Crippen LogP contribution in [0.5, 0.6) is 5.75 Å². The molecule has 0 spiro atoms. The van der Waals surface area contributed by atoms with Crippen LogP contribution >= 0.6 is 0 Å². The molecular formula is C23H29N3O. The Morgan fingerprint density at radius 3 is 2.56 bits per heavy atom. The number of hydrogen-bond donors (Lipinski definition) is 0. The first-order valence-electron chi connectivity index (χ1n) is 10.2. The number of imidazole rings is 1. The Labute approximate surface area is 161 Å². The number of para-hydroxylation sites is 2. The molecule has 1 fully saturated rings. The summed E-state index contributed by atoms with van der Waals surface area (Å²) in [5.41, 5.74) is 3.68. The lowest BCUT2D eigenvalue weighted by Crippen LogP contribution is -2.21. The van der Waals surface area contributed by atoms with Gasteiger partial charge in [-0.05, 0) is 68.6 Å². The van der Waals surface area contributed by atoms with E-state index in [1.54, 1.807) is 0 Å². The zero-order chi connectivity index (χ0) is 18.5. The maximum Gasteiger partial charge on any atom is 0.124 e. The van der Waals surface area contributed by atoms with Crippen LogP contribution in [0.25, 0.3) is 11.0 Å². The highest BCUT2D eigenvalue weighted by Gasteiger charge is 2.17. The molecule has 1 aliphatic heterocycles. The van der Waals surface area contributed by atoms with E-state index in [0.717, 1.165) is 43.8 Å². The highest BCUT2D eigenvalue weighted by molar-refractivity contribution is 5.75. The van der Waals surface area contributed by atoms with E-state index in [-0.39, 0.29) is 0 Å². The molecule has 4 heteroatoms. The van der Waals surface area contributed by atoms with Crippen molar-refractivity contribution < 1.29 is 4.74 Å². The van der Waals surface area contributed by atoms with Gasteiger partial charge in [0.05, 0.1) is 24.2 Å². The number of hydrogen-bond acceptors (Lipinski definition) is 3. The van der Waals surface area contributed by atoms with Crippen molar-refractivity contribution in [2.45, 2.75) is 45.7 Å². The molecule has 1 aliphatic rings. The molecule has 2 heterocycles. The molecule has 4 rings (SSSR count). The van der Waals surface area contributed by atoms with Crippen LogP contribution in [0, 0.1) is 0 Å². The summed E-state index contributed by atoms with van der Waals surface area (Å²) in [6, 6.07) is 16.9. The van der Waals surface area contributed by atoms with E-state index < -0.39 is 0 Å². The van der Waals surface area contributed by atoms with Gasteiger partial charge in [-0.1, -0.05) is 31.2 Å². The smallest absolute Gasteiger partial charge is 0.124 e. The molecular weight excluding hydrogens is 334 g/mol. The summed E-state index contributed by atoms with van der Waals surface area (Å²) < 4.78 is 8.33. The highest BCUT2D eigenvalue weighted by atomic mass is 16.5. The van der Waals surface area contributed by atoms with E-state index >= 15 is 0 Å². The number of fused-ring (bicyclic) bond motifs is 1. The minimum Gasteiger partial charge on any atom is -0.494 e. The summed E-state index contributed by atoms with van der Waals surface area (Å²) in [6.07, 6.45) is 4.66. The molecule has 0 aliphatic carbocycles. The van der Waals surface area contributed by atoms with Crippen molar-refractivity contribution in [3.63, 3.8) is 0 Å². The number of aromatic nitrogens is 2. The van der Waals surface area contributed by atoms with Crippen LogP contribution in [0.1, 0.15) is 37.6 Å². The Morgan fingerprint density at radius 1 is 1.00 bits per heavy atom. The Bertz CT molecular complexity index is 863. The fourth-order valence-corrected chi connectivity index (χ4v) is 3.87. The third-order valence-corrected chi connectivity index (χ3v) is 5.42. The summed E-state index contributed by atoms with van der Waals surface area (Å²) in [7, 11) is 0. The molecule has 0 atom stereocenters. The Balaban J connectivity index is 1.40. The molecule has 0 bridgehead atoms. The molecule has 142 valence electrons. The minimum atomic E-state index is 0.723. The molecule has 0 unspecified atom stereocenters. The number of likely N-dealkylation sites (tertiary alicyclic amines) is 1. The first-order chi connectivity index (χ1) is 13.3. The quantitative estimate of drug-likeness (QED) is 0.545. The van der Waals surface area contributed by atoms with Gasteiger partial charge in [-0.2, -0.15) is 0 Å². The predicted octanol–water partition coefficient (Wildman–Crippen LogP) is 4.66. The normalized spacial score (nSPS) is 14.9. The summed E-state index contributed by atoms with van der Waals surface area (Å²) in [6.45, 7) is 7.18. The molecule has 2 aromatic carbocycles. The maximum atomic E-state index is 5.95. The van der Waals surface area contributed by atoms with Crippen molar-refractivity contribution in [1.29, 1.82) is 0 Å². The van der Waals surface area contributed by atoms with Gasteiger partial charge in [-0.25, -0.2) is 4.98 Å². The molecule has 3 aromatic rings. The van der Waals surface area contributed by atoms with Crippen molar-refractivity contribution in [2.24, 2.45) is 0 Å². The first-order valence-corrected chi connectivity index (χ1v) is 10.2. The standard InChI is InChI=1S/C23H29N3O/c1-2-19-10-12-20(13-11-19)27-17-7-16-26-22-9-4-3-8-21(22)24-23(26)18-25-14-5-6-15-25/h3-4,8-13H,2,5-7,14-18H2,1H3. The monoisotopic (exact) mass is 363 g/mol. The average molecular weight is 364 g/mol. The lowest BCUT2D eigenvalue weighted by Gasteiger charge is -2.16. The second-order valence-corrected chi connectivity index (χ2v) is 7.35. The van der Waals surface area contributed by atoms with Gasteiger partial charge < -0.3 is 9.30 Å². The summed E-state index contributed by atoms with van der Waals surface area (Å²) in [5.74, 6) is 2.14. The molecule has 0 radical (unpaired) electrons. The predicted molar refractivity (Wildman–Crippen MR) is 110 cm³/mol. The zero-order valence-corrected chi connectivity index (χ0v) is 16.2. The second kappa shape index (κ2) is 8.57. The van der Waals surface area contributed by atoms with E-state index in [2.05, 4.69) is 64.9 Å². The van der Waals surface area contributed by atoms with Crippen molar-refractivity contribution in [3.8, 4) is 5.75 Å². The average Bonchev–Trinajstić information content (AvgIpc) is 3.34. The van der Waals surface area contributed by atoms with Crippen LogP contribution < -0.4 is 4.74 Å². The van der Waals surface area contributed by atoms with E-state index in [0.29, 0.717) is 0 Å². The molecule has 4 nitrogen and oxygen atoms in total. The van der Waals surface area contributed by atoms with Crippen LogP contribution in [0.4, 0.5) is 0 Å². The minimum absolute atomic E-state index is 0.723. The number of rotatable bonds is 8.